The van der Waals surface area contributed by atoms with E-state index < -0.39 is 17.6 Å². The summed E-state index contributed by atoms with van der Waals surface area (Å²) in [5.41, 5.74) is -0.562. The first-order valence-electron chi connectivity index (χ1n) is 6.98. The van der Waals surface area contributed by atoms with Crippen molar-refractivity contribution in [3.8, 4) is 0 Å². The van der Waals surface area contributed by atoms with Crippen molar-refractivity contribution in [2.75, 3.05) is 38.6 Å². The number of hydrogen-bond acceptors (Lipinski definition) is 3. The zero-order chi connectivity index (χ0) is 17.6. The van der Waals surface area contributed by atoms with Gasteiger partial charge in [0, 0.05) is 25.7 Å². The Balaban J connectivity index is 2.75. The molecule has 0 aliphatic carbocycles. The van der Waals surface area contributed by atoms with Crippen LogP contribution in [0.4, 0.5) is 18.9 Å². The molecule has 1 N–H and O–H groups in total. The lowest BCUT2D eigenvalue weighted by Gasteiger charge is -2.21. The fourth-order valence-corrected chi connectivity index (χ4v) is 1.83. The minimum absolute atomic E-state index is 0.242. The molecule has 0 saturated carbocycles. The van der Waals surface area contributed by atoms with E-state index >= 15 is 0 Å². The molecule has 0 bridgehead atoms. The molecule has 0 radical (unpaired) electrons. The molecule has 0 atom stereocenters. The predicted octanol–water partition coefficient (Wildman–Crippen LogP) is 1.74. The predicted molar refractivity (Wildman–Crippen MR) is 81.0 cm³/mol. The number of carbonyl (C=O) groups excluding carboxylic acids is 2. The SMILES string of the molecule is CC(=O)N(CC(=O)NCCN(C)C)c1ccc(C(F)(F)F)cc1. The van der Waals surface area contributed by atoms with E-state index in [-0.39, 0.29) is 18.1 Å². The number of amides is 2. The van der Waals surface area contributed by atoms with Crippen molar-refractivity contribution in [2.45, 2.75) is 13.1 Å². The summed E-state index contributed by atoms with van der Waals surface area (Å²) >= 11 is 0. The van der Waals surface area contributed by atoms with Crippen molar-refractivity contribution in [3.63, 3.8) is 0 Å². The summed E-state index contributed by atoms with van der Waals surface area (Å²) in [6, 6.07) is 4.12. The molecule has 0 saturated heterocycles. The van der Waals surface area contributed by atoms with Gasteiger partial charge >= 0.3 is 6.18 Å². The lowest BCUT2D eigenvalue weighted by molar-refractivity contribution is -0.137. The Labute approximate surface area is 133 Å². The maximum absolute atomic E-state index is 12.5. The first kappa shape index (κ1) is 19.0. The number of halogens is 3. The molecule has 1 rings (SSSR count). The summed E-state index contributed by atoms with van der Waals surface area (Å²) in [7, 11) is 3.71. The molecule has 0 unspecified atom stereocenters. The second kappa shape index (κ2) is 7.96. The highest BCUT2D eigenvalue weighted by Crippen LogP contribution is 2.30. The van der Waals surface area contributed by atoms with Crippen LogP contribution in [0.15, 0.2) is 24.3 Å². The molecule has 5 nitrogen and oxygen atoms in total. The lowest BCUT2D eigenvalue weighted by atomic mass is 10.2. The summed E-state index contributed by atoms with van der Waals surface area (Å²) in [6.07, 6.45) is -4.44. The molecule has 0 heterocycles. The second-order valence-electron chi connectivity index (χ2n) is 5.30. The van der Waals surface area contributed by atoms with Crippen LogP contribution in [0.3, 0.4) is 0 Å². The number of benzene rings is 1. The van der Waals surface area contributed by atoms with Gasteiger partial charge in [0.1, 0.15) is 6.54 Å². The summed E-state index contributed by atoms with van der Waals surface area (Å²) < 4.78 is 37.6. The Bertz CT molecular complexity index is 542. The third-order valence-electron chi connectivity index (χ3n) is 3.07. The highest BCUT2D eigenvalue weighted by molar-refractivity contribution is 5.97. The quantitative estimate of drug-likeness (QED) is 0.864. The fraction of sp³-hybridized carbons (Fsp3) is 0.467. The van der Waals surface area contributed by atoms with Crippen molar-refractivity contribution in [2.24, 2.45) is 0 Å². The Morgan fingerprint density at radius 2 is 1.70 bits per heavy atom. The molecule has 0 aliphatic rings. The summed E-state index contributed by atoms with van der Waals surface area (Å²) in [5.74, 6) is -0.797. The van der Waals surface area contributed by atoms with Crippen molar-refractivity contribution >= 4 is 17.5 Å². The zero-order valence-electron chi connectivity index (χ0n) is 13.3. The molecule has 2 amide bonds. The minimum Gasteiger partial charge on any atom is -0.353 e. The topological polar surface area (TPSA) is 52.7 Å². The number of hydrogen-bond donors (Lipinski definition) is 1. The van der Waals surface area contributed by atoms with Gasteiger partial charge in [-0.3, -0.25) is 9.59 Å². The molecule has 0 fully saturated rings. The van der Waals surface area contributed by atoms with E-state index in [1.54, 1.807) is 0 Å². The van der Waals surface area contributed by atoms with Gasteiger partial charge in [-0.15, -0.1) is 0 Å². The Morgan fingerprint density at radius 3 is 2.13 bits per heavy atom. The molecule has 1 aromatic rings. The van der Waals surface area contributed by atoms with Crippen LogP contribution in [-0.4, -0.2) is 50.4 Å². The van der Waals surface area contributed by atoms with Crippen LogP contribution in [0.2, 0.25) is 0 Å². The van der Waals surface area contributed by atoms with Gasteiger partial charge in [0.05, 0.1) is 5.56 Å². The van der Waals surface area contributed by atoms with Crippen LogP contribution in [0.1, 0.15) is 12.5 Å². The molecule has 8 heteroatoms. The van der Waals surface area contributed by atoms with Crippen LogP contribution in [0.25, 0.3) is 0 Å². The molecule has 1 aromatic carbocycles. The third kappa shape index (κ3) is 6.27. The Morgan fingerprint density at radius 1 is 1.13 bits per heavy atom. The largest absolute Gasteiger partial charge is 0.416 e. The van der Waals surface area contributed by atoms with Crippen LogP contribution in [0, 0.1) is 0 Å². The number of likely N-dealkylation sites (N-methyl/N-ethyl adjacent to an activating group) is 1. The summed E-state index contributed by atoms with van der Waals surface area (Å²) in [5, 5.41) is 2.65. The lowest BCUT2D eigenvalue weighted by Crippen LogP contribution is -2.41. The number of alkyl halides is 3. The van der Waals surface area contributed by atoms with E-state index in [0.717, 1.165) is 17.0 Å². The zero-order valence-corrected chi connectivity index (χ0v) is 13.3. The number of nitrogens with zero attached hydrogens (tertiary/aromatic N) is 2. The van der Waals surface area contributed by atoms with Gasteiger partial charge in [-0.05, 0) is 38.4 Å². The number of rotatable bonds is 6. The first-order valence-corrected chi connectivity index (χ1v) is 6.98. The van der Waals surface area contributed by atoms with E-state index in [1.807, 2.05) is 19.0 Å². The van der Waals surface area contributed by atoms with Gasteiger partial charge in [-0.1, -0.05) is 0 Å². The molecule has 128 valence electrons. The molecule has 0 spiro atoms. The fourth-order valence-electron chi connectivity index (χ4n) is 1.83. The van der Waals surface area contributed by atoms with Crippen molar-refractivity contribution in [3.05, 3.63) is 29.8 Å². The van der Waals surface area contributed by atoms with Crippen molar-refractivity contribution < 1.29 is 22.8 Å². The summed E-state index contributed by atoms with van der Waals surface area (Å²) in [6.45, 7) is 2.08. The number of anilines is 1. The Hall–Kier alpha value is -2.09. The van der Waals surface area contributed by atoms with Crippen molar-refractivity contribution in [1.82, 2.24) is 10.2 Å². The van der Waals surface area contributed by atoms with Gasteiger partial charge in [0.2, 0.25) is 11.8 Å². The van der Waals surface area contributed by atoms with Gasteiger partial charge in [-0.25, -0.2) is 0 Å². The van der Waals surface area contributed by atoms with E-state index in [9.17, 15) is 22.8 Å². The standard InChI is InChI=1S/C15H20F3N3O2/c1-11(22)21(10-14(23)19-8-9-20(2)3)13-6-4-12(5-7-13)15(16,17)18/h4-7H,8-10H2,1-3H3,(H,19,23). The number of nitrogens with one attached hydrogen (secondary N) is 1. The highest BCUT2D eigenvalue weighted by atomic mass is 19.4. The van der Waals surface area contributed by atoms with Crippen LogP contribution in [-0.2, 0) is 15.8 Å². The van der Waals surface area contributed by atoms with Crippen LogP contribution >= 0.6 is 0 Å². The normalized spacial score (nSPS) is 11.4. The molecule has 23 heavy (non-hydrogen) atoms. The molecular formula is C15H20F3N3O2. The number of carbonyl (C=O) groups is 2. The van der Waals surface area contributed by atoms with Gasteiger partial charge in [0.25, 0.3) is 0 Å². The maximum atomic E-state index is 12.5. The van der Waals surface area contributed by atoms with Crippen LogP contribution < -0.4 is 10.2 Å². The van der Waals surface area contributed by atoms with Crippen LogP contribution in [0.5, 0.6) is 0 Å². The average Bonchev–Trinajstić information content (AvgIpc) is 2.43. The molecular weight excluding hydrogens is 311 g/mol. The van der Waals surface area contributed by atoms with E-state index in [0.29, 0.717) is 13.1 Å². The monoisotopic (exact) mass is 331 g/mol. The van der Waals surface area contributed by atoms with Gasteiger partial charge in [-0.2, -0.15) is 13.2 Å². The molecule has 0 aliphatic heterocycles. The van der Waals surface area contributed by atoms with E-state index in [4.69, 9.17) is 0 Å². The van der Waals surface area contributed by atoms with E-state index in [2.05, 4.69) is 5.32 Å². The summed E-state index contributed by atoms with van der Waals surface area (Å²) in [4.78, 5) is 26.5. The molecule has 0 aromatic heterocycles. The average molecular weight is 331 g/mol. The maximum Gasteiger partial charge on any atom is 0.416 e. The minimum atomic E-state index is -4.44. The third-order valence-corrected chi connectivity index (χ3v) is 3.07. The van der Waals surface area contributed by atoms with Crippen molar-refractivity contribution in [1.29, 1.82) is 0 Å². The van der Waals surface area contributed by atoms with Gasteiger partial charge in [0.15, 0.2) is 0 Å². The smallest absolute Gasteiger partial charge is 0.353 e. The second-order valence-corrected chi connectivity index (χ2v) is 5.30. The Kier molecular flexibility index (Phi) is 6.56. The highest BCUT2D eigenvalue weighted by Gasteiger charge is 2.30. The van der Waals surface area contributed by atoms with Gasteiger partial charge < -0.3 is 15.1 Å². The van der Waals surface area contributed by atoms with E-state index in [1.165, 1.54) is 19.1 Å². The first-order chi connectivity index (χ1) is 10.6.